The first-order valence-electron chi connectivity index (χ1n) is 22.1. The summed E-state index contributed by atoms with van der Waals surface area (Å²) in [4.78, 5) is 61.2. The smallest absolute Gasteiger partial charge is 0.342 e. The van der Waals surface area contributed by atoms with Gasteiger partial charge in [0.15, 0.2) is 11.6 Å². The van der Waals surface area contributed by atoms with E-state index in [2.05, 4.69) is 0 Å². The van der Waals surface area contributed by atoms with Crippen molar-refractivity contribution in [2.45, 2.75) is 129 Å². The molecule has 2 unspecified atom stereocenters. The number of phenolic OH excluding ortho intramolecular Hbond substituents is 2. The van der Waals surface area contributed by atoms with Crippen LogP contribution in [0.1, 0.15) is 123 Å². The van der Waals surface area contributed by atoms with Crippen molar-refractivity contribution in [2.75, 3.05) is 6.61 Å². The molecule has 2 aliphatic heterocycles. The van der Waals surface area contributed by atoms with Crippen LogP contribution in [0.3, 0.4) is 0 Å². The average Bonchev–Trinajstić information content (AvgIpc) is 3.27. The molecule has 67 heavy (non-hydrogen) atoms. The number of cyclic esters (lactones) is 2. The summed E-state index contributed by atoms with van der Waals surface area (Å²) >= 11 is 12.0. The fourth-order valence-corrected chi connectivity index (χ4v) is 7.29. The Morgan fingerprint density at radius 3 is 1.58 bits per heavy atom. The van der Waals surface area contributed by atoms with Gasteiger partial charge in [0.2, 0.25) is 0 Å². The van der Waals surface area contributed by atoms with E-state index in [0.29, 0.717) is 52.6 Å². The van der Waals surface area contributed by atoms with Gasteiger partial charge in [-0.15, -0.1) is 0 Å². The molecule has 364 valence electrons. The van der Waals surface area contributed by atoms with E-state index in [0.717, 1.165) is 5.56 Å². The first-order valence-corrected chi connectivity index (χ1v) is 22.9. The maximum absolute atomic E-state index is 13.0. The number of rotatable bonds is 8. The number of benzene rings is 3. The lowest BCUT2D eigenvalue weighted by Gasteiger charge is -2.23. The van der Waals surface area contributed by atoms with Crippen LogP contribution in [0.5, 0.6) is 23.0 Å². The molecule has 0 saturated carbocycles. The average molecular weight is 972 g/mol. The van der Waals surface area contributed by atoms with E-state index in [1.165, 1.54) is 43.4 Å². The summed E-state index contributed by atoms with van der Waals surface area (Å²) in [5, 5.41) is 62.6. The predicted molar refractivity (Wildman–Crippen MR) is 250 cm³/mol. The molecular weight excluding hydrogens is 911 g/mol. The molecule has 6 N–H and O–H groups in total. The zero-order chi connectivity index (χ0) is 49.5. The van der Waals surface area contributed by atoms with E-state index in [1.54, 1.807) is 44.2 Å². The van der Waals surface area contributed by atoms with E-state index in [1.807, 2.05) is 13.8 Å². The van der Waals surface area contributed by atoms with E-state index >= 15 is 0 Å². The monoisotopic (exact) mass is 970 g/mol. The molecule has 0 aromatic heterocycles. The zero-order valence-electron chi connectivity index (χ0n) is 38.2. The fourth-order valence-electron chi connectivity index (χ4n) is 6.97. The number of aliphatic hydroxyl groups is 4. The van der Waals surface area contributed by atoms with E-state index in [4.69, 9.17) is 42.1 Å². The molecule has 0 fully saturated rings. The molecule has 0 saturated heterocycles. The van der Waals surface area contributed by atoms with Crippen LogP contribution < -0.4 is 9.47 Å². The van der Waals surface area contributed by atoms with Crippen LogP contribution in [0.25, 0.3) is 12.2 Å². The van der Waals surface area contributed by atoms with Crippen molar-refractivity contribution in [1.29, 1.82) is 0 Å². The van der Waals surface area contributed by atoms with Crippen LogP contribution in [0.4, 0.5) is 0 Å². The number of halogens is 2. The number of phenols is 2. The Bertz CT molecular complexity index is 2290. The first kappa shape index (κ1) is 54.3. The predicted octanol–water partition coefficient (Wildman–Crippen LogP) is 7.76. The van der Waals surface area contributed by atoms with Crippen LogP contribution in [0.15, 0.2) is 54.6 Å². The van der Waals surface area contributed by atoms with Gasteiger partial charge in [-0.05, 0) is 106 Å². The Kier molecular flexibility index (Phi) is 20.9. The number of carbonyl (C=O) groups is 5. The number of esters is 2. The summed E-state index contributed by atoms with van der Waals surface area (Å²) in [5.74, 6) is -2.75. The maximum atomic E-state index is 13.0. The SMILES string of the molecule is CC(=O)CCCOc1cc(O)c2c(c1)/C=C/C[C@H](O)[C@H](O)C(=O)CCC(C)[C@H](C)OC2=O.CC1CCC(=O)[C@@H](O)[C@@H](O)C/C=C/c2cc(OCc3ccc(Cl)c(Cl)c3)cc(O)c2C(=O)O[C@H]1C. The normalized spacial score (nSPS) is 25.3. The minimum absolute atomic E-state index is 0.0300. The molecule has 3 aromatic carbocycles. The Hall–Kier alpha value is -5.29. The van der Waals surface area contributed by atoms with Gasteiger partial charge in [0.05, 0.1) is 28.9 Å². The summed E-state index contributed by atoms with van der Waals surface area (Å²) in [6.07, 6.45) is 0.974. The Morgan fingerprint density at radius 2 is 1.13 bits per heavy atom. The first-order chi connectivity index (χ1) is 31.7. The molecule has 5 rings (SSSR count). The number of aromatic hydroxyl groups is 2. The van der Waals surface area contributed by atoms with Crippen LogP contribution in [-0.4, -0.2) is 103 Å². The highest BCUT2D eigenvalue weighted by Gasteiger charge is 2.29. The zero-order valence-corrected chi connectivity index (χ0v) is 39.7. The summed E-state index contributed by atoms with van der Waals surface area (Å²) < 4.78 is 22.5. The second kappa shape index (κ2) is 25.7. The standard InChI is InChI=1S/C26H28Cl2O7.C24H32O8/c1-14-6-9-22(30)25(32)21(29)5-3-4-17-11-18(12-23(31)24(17)26(33)35-15(14)2)34-13-16-7-8-19(27)20(28)10-16;1-14-9-10-20(27)23(29)19(26)8-4-7-17-12-18(31-11-5-6-15(2)25)13-21(28)22(17)24(30)32-16(14)3/h3-4,7-8,10-12,14-15,21,25,29,31-32H,5-6,9,13H2,1-2H3;4,7,12-14,16,19,23,26,28-29H,5-6,8-11H2,1-3H3/b4-3+;7-4+/t14?,15-,21-,25-;14?,16-,19-,23-/m00/s1. The minimum atomic E-state index is -1.51. The van der Waals surface area contributed by atoms with Crippen LogP contribution in [-0.2, 0) is 30.5 Å². The van der Waals surface area contributed by atoms with Crippen molar-refractivity contribution in [2.24, 2.45) is 11.8 Å². The molecule has 2 aliphatic rings. The molecule has 17 heteroatoms. The molecule has 0 spiro atoms. The molecule has 2 heterocycles. The number of Topliss-reactive ketones (excluding diaryl/α,β-unsaturated/α-hetero) is 3. The van der Waals surface area contributed by atoms with Crippen molar-refractivity contribution in [3.8, 4) is 23.0 Å². The number of fused-ring (bicyclic) bond motifs is 2. The molecular formula is C50H60Cl2O15. The molecule has 8 atom stereocenters. The molecule has 0 bridgehead atoms. The highest BCUT2D eigenvalue weighted by molar-refractivity contribution is 6.42. The van der Waals surface area contributed by atoms with E-state index in [9.17, 15) is 54.6 Å². The van der Waals surface area contributed by atoms with Gasteiger partial charge in [-0.1, -0.05) is 67.4 Å². The lowest BCUT2D eigenvalue weighted by molar-refractivity contribution is -0.133. The highest BCUT2D eigenvalue weighted by Crippen LogP contribution is 2.34. The lowest BCUT2D eigenvalue weighted by Crippen LogP contribution is -2.34. The van der Waals surface area contributed by atoms with Crippen molar-refractivity contribution in [3.05, 3.63) is 92.5 Å². The number of hydrogen-bond donors (Lipinski definition) is 6. The maximum Gasteiger partial charge on any atom is 0.342 e. The van der Waals surface area contributed by atoms with Crippen molar-refractivity contribution in [1.82, 2.24) is 0 Å². The molecule has 0 amide bonds. The summed E-state index contributed by atoms with van der Waals surface area (Å²) in [7, 11) is 0. The second-order valence-electron chi connectivity index (χ2n) is 17.0. The molecule has 15 nitrogen and oxygen atoms in total. The van der Waals surface area contributed by atoms with Crippen molar-refractivity contribution in [3.63, 3.8) is 0 Å². The van der Waals surface area contributed by atoms with Crippen LogP contribution in [0, 0.1) is 11.8 Å². The number of ketones is 3. The quantitative estimate of drug-likeness (QED) is 0.0933. The Labute approximate surface area is 399 Å². The summed E-state index contributed by atoms with van der Waals surface area (Å²) in [5.41, 5.74) is 1.26. The molecule has 0 radical (unpaired) electrons. The van der Waals surface area contributed by atoms with Gasteiger partial charge >= 0.3 is 11.9 Å². The fraction of sp³-hybridized carbons (Fsp3) is 0.460. The van der Waals surface area contributed by atoms with E-state index < -0.39 is 60.1 Å². The largest absolute Gasteiger partial charge is 0.507 e. The topological polar surface area (TPSA) is 244 Å². The molecule has 0 aliphatic carbocycles. The summed E-state index contributed by atoms with van der Waals surface area (Å²) in [6.45, 7) is 8.92. The Balaban J connectivity index is 0.000000294. The summed E-state index contributed by atoms with van der Waals surface area (Å²) in [6, 6.07) is 10.8. The minimum Gasteiger partial charge on any atom is -0.507 e. The van der Waals surface area contributed by atoms with Gasteiger partial charge in [0.25, 0.3) is 0 Å². The van der Waals surface area contributed by atoms with Gasteiger partial charge in [-0.25, -0.2) is 9.59 Å². The third-order valence-electron chi connectivity index (χ3n) is 11.6. The lowest BCUT2D eigenvalue weighted by atomic mass is 9.94. The third-order valence-corrected chi connectivity index (χ3v) is 12.3. The van der Waals surface area contributed by atoms with E-state index in [-0.39, 0.29) is 84.9 Å². The van der Waals surface area contributed by atoms with Crippen molar-refractivity contribution < 1.29 is 73.6 Å². The number of hydrogen-bond acceptors (Lipinski definition) is 15. The van der Waals surface area contributed by atoms with Crippen LogP contribution >= 0.6 is 23.2 Å². The van der Waals surface area contributed by atoms with Crippen molar-refractivity contribution >= 4 is 64.6 Å². The number of ether oxygens (including phenoxy) is 4. The van der Waals surface area contributed by atoms with Gasteiger partial charge in [-0.3, -0.25) is 9.59 Å². The number of aliphatic hydroxyl groups excluding tert-OH is 4. The molecule has 3 aromatic rings. The van der Waals surface area contributed by atoms with Gasteiger partial charge in [0.1, 0.15) is 70.9 Å². The van der Waals surface area contributed by atoms with Gasteiger partial charge in [-0.2, -0.15) is 0 Å². The third kappa shape index (κ3) is 16.2. The van der Waals surface area contributed by atoms with Gasteiger partial charge < -0.3 is 54.4 Å². The Morgan fingerprint density at radius 1 is 0.672 bits per heavy atom. The number of carbonyl (C=O) groups excluding carboxylic acids is 5. The second-order valence-corrected chi connectivity index (χ2v) is 17.8. The van der Waals surface area contributed by atoms with Gasteiger partial charge in [0, 0.05) is 31.4 Å². The van der Waals surface area contributed by atoms with Crippen LogP contribution in [0.2, 0.25) is 10.0 Å². The highest BCUT2D eigenvalue weighted by atomic mass is 35.5.